The maximum Gasteiger partial charge on any atom is 0.0445 e. The smallest absolute Gasteiger partial charge is 0.0445 e. The zero-order valence-corrected chi connectivity index (χ0v) is 10.7. The minimum absolute atomic E-state index is 0.285. The van der Waals surface area contributed by atoms with E-state index in [1.165, 1.54) is 17.7 Å². The fraction of sp³-hybridized carbons (Fsp3) is 0.692. The lowest BCUT2D eigenvalue weighted by Gasteiger charge is -2.24. The molecule has 1 saturated carbocycles. The Morgan fingerprint density at radius 3 is 2.88 bits per heavy atom. The second-order valence-electron chi connectivity index (χ2n) is 4.61. The standard InChI is InChI=1S/C13H21NOS/c1-2-11(7-8-15)14-13(10-5-6-10)12-4-3-9-16-12/h3-4,9-11,13-15H,2,5-8H2,1H3. The Labute approximate surface area is 102 Å². The average Bonchev–Trinajstić information content (AvgIpc) is 2.99. The molecule has 0 amide bonds. The van der Waals surface area contributed by atoms with E-state index in [1.54, 1.807) is 0 Å². The highest BCUT2D eigenvalue weighted by Gasteiger charge is 2.33. The fourth-order valence-electron chi connectivity index (χ4n) is 2.16. The van der Waals surface area contributed by atoms with E-state index in [2.05, 4.69) is 29.8 Å². The molecule has 0 radical (unpaired) electrons. The van der Waals surface area contributed by atoms with Crippen molar-refractivity contribution in [2.45, 2.75) is 44.7 Å². The van der Waals surface area contributed by atoms with E-state index in [1.807, 2.05) is 11.3 Å². The molecule has 0 saturated heterocycles. The van der Waals surface area contributed by atoms with Crippen molar-refractivity contribution in [3.8, 4) is 0 Å². The van der Waals surface area contributed by atoms with Gasteiger partial charge in [-0.1, -0.05) is 13.0 Å². The second-order valence-corrected chi connectivity index (χ2v) is 5.59. The number of hydrogen-bond donors (Lipinski definition) is 2. The first kappa shape index (κ1) is 12.1. The zero-order chi connectivity index (χ0) is 11.4. The molecule has 2 atom stereocenters. The minimum atomic E-state index is 0.285. The Bertz CT molecular complexity index is 295. The summed E-state index contributed by atoms with van der Waals surface area (Å²) >= 11 is 1.84. The summed E-state index contributed by atoms with van der Waals surface area (Å²) in [5.74, 6) is 0.825. The molecular weight excluding hydrogens is 218 g/mol. The highest BCUT2D eigenvalue weighted by atomic mass is 32.1. The van der Waals surface area contributed by atoms with Gasteiger partial charge in [0.25, 0.3) is 0 Å². The molecule has 1 heterocycles. The molecule has 90 valence electrons. The molecule has 2 rings (SSSR count). The quantitative estimate of drug-likeness (QED) is 0.767. The predicted octanol–water partition coefficient (Wildman–Crippen LogP) is 2.95. The van der Waals surface area contributed by atoms with Crippen LogP contribution in [-0.4, -0.2) is 17.8 Å². The van der Waals surface area contributed by atoms with Gasteiger partial charge in [-0.15, -0.1) is 11.3 Å². The van der Waals surface area contributed by atoms with E-state index < -0.39 is 0 Å². The Balaban J connectivity index is 1.97. The molecule has 2 N–H and O–H groups in total. The van der Waals surface area contributed by atoms with Crippen molar-refractivity contribution in [3.63, 3.8) is 0 Å². The Kier molecular flexibility index (Phi) is 4.38. The summed E-state index contributed by atoms with van der Waals surface area (Å²) in [4.78, 5) is 1.46. The molecule has 0 spiro atoms. The van der Waals surface area contributed by atoms with Crippen molar-refractivity contribution in [1.29, 1.82) is 0 Å². The van der Waals surface area contributed by atoms with Gasteiger partial charge in [0.1, 0.15) is 0 Å². The van der Waals surface area contributed by atoms with Gasteiger partial charge in [-0.05, 0) is 43.0 Å². The van der Waals surface area contributed by atoms with Crippen LogP contribution < -0.4 is 5.32 Å². The van der Waals surface area contributed by atoms with Crippen molar-refractivity contribution >= 4 is 11.3 Å². The van der Waals surface area contributed by atoms with E-state index >= 15 is 0 Å². The number of nitrogens with one attached hydrogen (secondary N) is 1. The van der Waals surface area contributed by atoms with Gasteiger partial charge in [-0.2, -0.15) is 0 Å². The largest absolute Gasteiger partial charge is 0.396 e. The van der Waals surface area contributed by atoms with Crippen LogP contribution in [0, 0.1) is 5.92 Å². The van der Waals surface area contributed by atoms with Gasteiger partial charge in [-0.25, -0.2) is 0 Å². The van der Waals surface area contributed by atoms with Crippen LogP contribution in [0.2, 0.25) is 0 Å². The van der Waals surface area contributed by atoms with Crippen LogP contribution in [0.4, 0.5) is 0 Å². The maximum atomic E-state index is 9.03. The summed E-state index contributed by atoms with van der Waals surface area (Å²) in [6, 6.07) is 5.34. The van der Waals surface area contributed by atoms with Crippen LogP contribution in [-0.2, 0) is 0 Å². The van der Waals surface area contributed by atoms with Gasteiger partial charge in [0.05, 0.1) is 0 Å². The Morgan fingerprint density at radius 1 is 1.56 bits per heavy atom. The molecule has 2 nitrogen and oxygen atoms in total. The van der Waals surface area contributed by atoms with Gasteiger partial charge in [-0.3, -0.25) is 0 Å². The lowest BCUT2D eigenvalue weighted by atomic mass is 10.1. The molecule has 1 aromatic rings. The van der Waals surface area contributed by atoms with Crippen molar-refractivity contribution < 1.29 is 5.11 Å². The second kappa shape index (κ2) is 5.80. The van der Waals surface area contributed by atoms with Gasteiger partial charge in [0, 0.05) is 23.6 Å². The molecule has 0 bridgehead atoms. The number of rotatable bonds is 7. The van der Waals surface area contributed by atoms with Crippen LogP contribution in [0.5, 0.6) is 0 Å². The first-order valence-corrected chi connectivity index (χ1v) is 7.13. The highest BCUT2D eigenvalue weighted by Crippen LogP contribution is 2.42. The molecule has 1 fully saturated rings. The highest BCUT2D eigenvalue weighted by molar-refractivity contribution is 7.10. The van der Waals surface area contributed by atoms with Crippen molar-refractivity contribution in [2.75, 3.05) is 6.61 Å². The topological polar surface area (TPSA) is 32.3 Å². The third kappa shape index (κ3) is 3.06. The number of aliphatic hydroxyl groups excluding tert-OH is 1. The molecule has 1 aliphatic carbocycles. The summed E-state index contributed by atoms with van der Waals surface area (Å²) in [5, 5.41) is 14.9. The van der Waals surface area contributed by atoms with Gasteiger partial charge >= 0.3 is 0 Å². The van der Waals surface area contributed by atoms with Crippen LogP contribution in [0.3, 0.4) is 0 Å². The van der Waals surface area contributed by atoms with Crippen molar-refractivity contribution in [3.05, 3.63) is 22.4 Å². The van der Waals surface area contributed by atoms with Crippen LogP contribution in [0.15, 0.2) is 17.5 Å². The number of hydrogen-bond acceptors (Lipinski definition) is 3. The van der Waals surface area contributed by atoms with E-state index in [0.29, 0.717) is 12.1 Å². The number of thiophene rings is 1. The zero-order valence-electron chi connectivity index (χ0n) is 9.86. The monoisotopic (exact) mass is 239 g/mol. The summed E-state index contributed by atoms with van der Waals surface area (Å²) in [5.41, 5.74) is 0. The van der Waals surface area contributed by atoms with Crippen LogP contribution >= 0.6 is 11.3 Å². The third-order valence-corrected chi connectivity index (χ3v) is 4.28. The summed E-state index contributed by atoms with van der Waals surface area (Å²) in [6.45, 7) is 2.47. The third-order valence-electron chi connectivity index (χ3n) is 3.33. The van der Waals surface area contributed by atoms with E-state index in [-0.39, 0.29) is 6.61 Å². The number of aliphatic hydroxyl groups is 1. The molecule has 1 aromatic heterocycles. The van der Waals surface area contributed by atoms with Gasteiger partial charge in [0.2, 0.25) is 0 Å². The first-order chi connectivity index (χ1) is 7.85. The molecular formula is C13H21NOS. The lowest BCUT2D eigenvalue weighted by molar-refractivity contribution is 0.252. The molecule has 0 aromatic carbocycles. The van der Waals surface area contributed by atoms with Crippen LogP contribution in [0.25, 0.3) is 0 Å². The lowest BCUT2D eigenvalue weighted by Crippen LogP contribution is -2.33. The summed E-state index contributed by atoms with van der Waals surface area (Å²) < 4.78 is 0. The first-order valence-electron chi connectivity index (χ1n) is 6.25. The predicted molar refractivity (Wildman–Crippen MR) is 68.7 cm³/mol. The van der Waals surface area contributed by atoms with Crippen molar-refractivity contribution in [1.82, 2.24) is 5.32 Å². The SMILES string of the molecule is CCC(CCO)NC(c1cccs1)C1CC1. The van der Waals surface area contributed by atoms with Crippen LogP contribution in [0.1, 0.15) is 43.5 Å². The van der Waals surface area contributed by atoms with E-state index in [4.69, 9.17) is 5.11 Å². The fourth-order valence-corrected chi connectivity index (χ4v) is 3.04. The summed E-state index contributed by atoms with van der Waals surface area (Å²) in [6.07, 6.45) is 4.66. The van der Waals surface area contributed by atoms with Gasteiger partial charge in [0.15, 0.2) is 0 Å². The Hall–Kier alpha value is -0.380. The summed E-state index contributed by atoms with van der Waals surface area (Å²) in [7, 11) is 0. The van der Waals surface area contributed by atoms with E-state index in [0.717, 1.165) is 18.8 Å². The molecule has 16 heavy (non-hydrogen) atoms. The molecule has 0 aliphatic heterocycles. The molecule has 1 aliphatic rings. The average molecular weight is 239 g/mol. The normalized spacial score (nSPS) is 19.6. The van der Waals surface area contributed by atoms with Gasteiger partial charge < -0.3 is 10.4 Å². The van der Waals surface area contributed by atoms with Crippen molar-refractivity contribution in [2.24, 2.45) is 5.92 Å². The minimum Gasteiger partial charge on any atom is -0.396 e. The Morgan fingerprint density at radius 2 is 2.38 bits per heavy atom. The maximum absolute atomic E-state index is 9.03. The van der Waals surface area contributed by atoms with E-state index in [9.17, 15) is 0 Å². The molecule has 3 heteroatoms. The molecule has 2 unspecified atom stereocenters.